The predicted molar refractivity (Wildman–Crippen MR) is 62.9 cm³/mol. The SMILES string of the molecule is CCOC(=O)[C@@]12CC[C@](C)([C@@H]1Br)C2(C)C. The smallest absolute Gasteiger partial charge is 0.313 e. The average molecular weight is 275 g/mol. The van der Waals surface area contributed by atoms with Crippen LogP contribution >= 0.6 is 15.9 Å². The number of halogens is 1. The Morgan fingerprint density at radius 2 is 2.00 bits per heavy atom. The Hall–Kier alpha value is -0.0500. The Balaban J connectivity index is 2.35. The van der Waals surface area contributed by atoms with Gasteiger partial charge in [0.15, 0.2) is 0 Å². The van der Waals surface area contributed by atoms with Crippen LogP contribution < -0.4 is 0 Å². The molecule has 0 radical (unpaired) electrons. The van der Waals surface area contributed by atoms with Crippen molar-refractivity contribution in [3.05, 3.63) is 0 Å². The van der Waals surface area contributed by atoms with E-state index in [9.17, 15) is 4.79 Å². The third kappa shape index (κ3) is 0.943. The van der Waals surface area contributed by atoms with Gasteiger partial charge in [0.2, 0.25) is 0 Å². The third-order valence-corrected chi connectivity index (χ3v) is 7.01. The molecule has 0 aromatic carbocycles. The second kappa shape index (κ2) is 2.99. The minimum atomic E-state index is -0.280. The van der Waals surface area contributed by atoms with Crippen molar-refractivity contribution < 1.29 is 9.53 Å². The van der Waals surface area contributed by atoms with E-state index in [4.69, 9.17) is 4.74 Å². The minimum absolute atomic E-state index is 0.00755. The fourth-order valence-corrected chi connectivity index (χ4v) is 5.45. The van der Waals surface area contributed by atoms with Gasteiger partial charge in [0, 0.05) is 4.83 Å². The van der Waals surface area contributed by atoms with E-state index < -0.39 is 0 Å². The molecule has 2 bridgehead atoms. The number of rotatable bonds is 2. The molecule has 3 heteroatoms. The lowest BCUT2D eigenvalue weighted by Crippen LogP contribution is -2.67. The van der Waals surface area contributed by atoms with Crippen LogP contribution in [0.2, 0.25) is 0 Å². The van der Waals surface area contributed by atoms with E-state index in [-0.39, 0.29) is 27.0 Å². The van der Waals surface area contributed by atoms with Crippen molar-refractivity contribution >= 4 is 21.9 Å². The first kappa shape index (κ1) is 11.4. The Bertz CT molecular complexity index is 313. The maximum atomic E-state index is 12.1. The van der Waals surface area contributed by atoms with Crippen LogP contribution in [0.25, 0.3) is 0 Å². The van der Waals surface area contributed by atoms with Gasteiger partial charge in [0.05, 0.1) is 12.0 Å². The molecule has 0 unspecified atom stereocenters. The number of alkyl halides is 1. The monoisotopic (exact) mass is 274 g/mol. The Kier molecular flexibility index (Phi) is 2.28. The molecule has 0 aromatic rings. The quantitative estimate of drug-likeness (QED) is 0.571. The Morgan fingerprint density at radius 1 is 1.40 bits per heavy atom. The van der Waals surface area contributed by atoms with Gasteiger partial charge in [-0.3, -0.25) is 4.79 Å². The minimum Gasteiger partial charge on any atom is -0.466 e. The largest absolute Gasteiger partial charge is 0.466 e. The Labute approximate surface area is 99.9 Å². The molecular weight excluding hydrogens is 256 g/mol. The lowest BCUT2D eigenvalue weighted by atomic mass is 9.43. The van der Waals surface area contributed by atoms with E-state index in [1.54, 1.807) is 0 Å². The van der Waals surface area contributed by atoms with Crippen LogP contribution in [0.3, 0.4) is 0 Å². The fourth-order valence-electron chi connectivity index (χ4n) is 3.67. The van der Waals surface area contributed by atoms with Gasteiger partial charge in [-0.1, -0.05) is 36.7 Å². The highest BCUT2D eigenvalue weighted by molar-refractivity contribution is 9.09. The molecule has 0 aliphatic heterocycles. The Morgan fingerprint density at radius 3 is 2.33 bits per heavy atom. The molecule has 15 heavy (non-hydrogen) atoms. The zero-order chi connectivity index (χ0) is 11.5. The van der Waals surface area contributed by atoms with Crippen LogP contribution in [0.4, 0.5) is 0 Å². The lowest BCUT2D eigenvalue weighted by Gasteiger charge is -2.63. The number of fused-ring (bicyclic) bond motifs is 1. The molecule has 2 nitrogen and oxygen atoms in total. The molecule has 0 aromatic heterocycles. The first-order valence-electron chi connectivity index (χ1n) is 5.66. The first-order valence-corrected chi connectivity index (χ1v) is 6.57. The summed E-state index contributed by atoms with van der Waals surface area (Å²) in [5.41, 5.74) is 0.0257. The molecule has 0 saturated heterocycles. The van der Waals surface area contributed by atoms with Gasteiger partial charge in [-0.05, 0) is 30.6 Å². The van der Waals surface area contributed by atoms with Gasteiger partial charge in [-0.15, -0.1) is 0 Å². The predicted octanol–water partition coefficient (Wildman–Crippen LogP) is 3.14. The fraction of sp³-hybridized carbons (Fsp3) is 0.917. The molecule has 0 amide bonds. The molecule has 3 rings (SSSR count). The molecule has 0 heterocycles. The van der Waals surface area contributed by atoms with Gasteiger partial charge in [-0.2, -0.15) is 0 Å². The number of ether oxygens (including phenoxy) is 1. The van der Waals surface area contributed by atoms with E-state index in [2.05, 4.69) is 36.7 Å². The zero-order valence-corrected chi connectivity index (χ0v) is 11.5. The van der Waals surface area contributed by atoms with Crippen LogP contribution in [0.5, 0.6) is 0 Å². The van der Waals surface area contributed by atoms with E-state index >= 15 is 0 Å². The number of hydrogen-bond donors (Lipinski definition) is 0. The van der Waals surface area contributed by atoms with Crippen molar-refractivity contribution in [2.24, 2.45) is 16.2 Å². The van der Waals surface area contributed by atoms with Crippen LogP contribution in [0, 0.1) is 16.2 Å². The highest BCUT2D eigenvalue weighted by atomic mass is 79.9. The highest BCUT2D eigenvalue weighted by Crippen LogP contribution is 2.80. The molecular formula is C12H19BrO2. The summed E-state index contributed by atoms with van der Waals surface area (Å²) in [5.74, 6) is -0.00755. The molecule has 3 saturated carbocycles. The summed E-state index contributed by atoms with van der Waals surface area (Å²) in [6, 6.07) is 0. The van der Waals surface area contributed by atoms with E-state index in [0.717, 1.165) is 12.8 Å². The first-order chi connectivity index (χ1) is 6.84. The summed E-state index contributed by atoms with van der Waals surface area (Å²) < 4.78 is 5.25. The summed E-state index contributed by atoms with van der Waals surface area (Å²) in [7, 11) is 0. The van der Waals surface area contributed by atoms with Crippen molar-refractivity contribution in [1.29, 1.82) is 0 Å². The maximum Gasteiger partial charge on any atom is 0.313 e. The number of esters is 1. The molecule has 3 fully saturated rings. The van der Waals surface area contributed by atoms with Crippen LogP contribution in [0.1, 0.15) is 40.5 Å². The van der Waals surface area contributed by atoms with Gasteiger partial charge in [-0.25, -0.2) is 0 Å². The molecule has 3 aliphatic rings. The second-order valence-corrected chi connectivity index (χ2v) is 6.51. The normalized spacial score (nSPS) is 46.1. The lowest BCUT2D eigenvalue weighted by molar-refractivity contribution is -0.186. The van der Waals surface area contributed by atoms with Crippen molar-refractivity contribution in [2.45, 2.75) is 45.4 Å². The van der Waals surface area contributed by atoms with E-state index in [0.29, 0.717) is 6.61 Å². The topological polar surface area (TPSA) is 26.3 Å². The molecule has 3 atom stereocenters. The summed E-state index contributed by atoms with van der Waals surface area (Å²) in [5, 5.41) is 0. The molecule has 0 spiro atoms. The van der Waals surface area contributed by atoms with Crippen LogP contribution in [-0.2, 0) is 9.53 Å². The summed E-state index contributed by atoms with van der Waals surface area (Å²) in [4.78, 5) is 12.4. The van der Waals surface area contributed by atoms with Crippen LogP contribution in [-0.4, -0.2) is 17.4 Å². The number of carbonyl (C=O) groups is 1. The van der Waals surface area contributed by atoms with Crippen LogP contribution in [0.15, 0.2) is 0 Å². The summed E-state index contributed by atoms with van der Waals surface area (Å²) in [6.07, 6.45) is 2.08. The molecule has 3 aliphatic carbocycles. The molecule has 0 N–H and O–H groups in total. The van der Waals surface area contributed by atoms with Gasteiger partial charge in [0.1, 0.15) is 0 Å². The molecule has 86 valence electrons. The van der Waals surface area contributed by atoms with Crippen molar-refractivity contribution in [3.63, 3.8) is 0 Å². The van der Waals surface area contributed by atoms with E-state index in [1.165, 1.54) is 0 Å². The standard InChI is InChI=1S/C12H19BrO2/c1-5-15-9(14)12-7-6-11(4,8(12)13)10(12,2)3/h8H,5-7H2,1-4H3/t8-,11+,12+/m0/s1. The van der Waals surface area contributed by atoms with Gasteiger partial charge >= 0.3 is 5.97 Å². The average Bonchev–Trinajstić information content (AvgIpc) is 2.55. The second-order valence-electron chi connectivity index (χ2n) is 5.60. The number of carbonyl (C=O) groups excluding carboxylic acids is 1. The number of hydrogen-bond acceptors (Lipinski definition) is 2. The summed E-state index contributed by atoms with van der Waals surface area (Å²) >= 11 is 3.71. The van der Waals surface area contributed by atoms with Gasteiger partial charge in [0.25, 0.3) is 0 Å². The van der Waals surface area contributed by atoms with Crippen molar-refractivity contribution in [2.75, 3.05) is 6.61 Å². The van der Waals surface area contributed by atoms with Gasteiger partial charge < -0.3 is 4.74 Å². The third-order valence-electron chi connectivity index (χ3n) is 5.21. The zero-order valence-electron chi connectivity index (χ0n) is 9.89. The highest BCUT2D eigenvalue weighted by Gasteiger charge is 2.80. The van der Waals surface area contributed by atoms with Crippen molar-refractivity contribution in [3.8, 4) is 0 Å². The summed E-state index contributed by atoms with van der Waals surface area (Å²) in [6.45, 7) is 9.03. The van der Waals surface area contributed by atoms with Crippen molar-refractivity contribution in [1.82, 2.24) is 0 Å². The van der Waals surface area contributed by atoms with E-state index in [1.807, 2.05) is 6.92 Å². The maximum absolute atomic E-state index is 12.1.